The van der Waals surface area contributed by atoms with Gasteiger partial charge in [-0.2, -0.15) is 0 Å². The molecule has 1 aromatic rings. The molecule has 0 bridgehead atoms. The highest BCUT2D eigenvalue weighted by Gasteiger charge is 2.31. The van der Waals surface area contributed by atoms with Gasteiger partial charge in [0.15, 0.2) is 0 Å². The van der Waals surface area contributed by atoms with Crippen molar-refractivity contribution in [3.63, 3.8) is 0 Å². The highest BCUT2D eigenvalue weighted by Crippen LogP contribution is 2.25. The van der Waals surface area contributed by atoms with E-state index in [1.807, 2.05) is 6.92 Å². The van der Waals surface area contributed by atoms with Gasteiger partial charge in [-0.3, -0.25) is 4.79 Å². The van der Waals surface area contributed by atoms with E-state index in [1.165, 1.54) is 9.75 Å². The van der Waals surface area contributed by atoms with Crippen molar-refractivity contribution in [3.05, 3.63) is 21.9 Å². The summed E-state index contributed by atoms with van der Waals surface area (Å²) < 4.78 is 0. The molecule has 3 atom stereocenters. The van der Waals surface area contributed by atoms with Gasteiger partial charge in [-0.25, -0.2) is 0 Å². The summed E-state index contributed by atoms with van der Waals surface area (Å²) in [5.74, 6) is -0.182. The minimum absolute atomic E-state index is 0.0146. The van der Waals surface area contributed by atoms with Crippen LogP contribution in [0.5, 0.6) is 0 Å². The number of aliphatic hydroxyl groups excluding tert-OH is 1. The normalized spacial score (nSPS) is 25.1. The number of aliphatic hydroxyl groups is 1. The highest BCUT2D eigenvalue weighted by molar-refractivity contribution is 7.11. The monoisotopic (exact) mass is 267 g/mol. The number of carbonyl (C=O) groups is 1. The molecule has 0 saturated heterocycles. The van der Waals surface area contributed by atoms with Gasteiger partial charge >= 0.3 is 0 Å². The minimum atomic E-state index is -0.443. The number of thiophene rings is 1. The largest absolute Gasteiger partial charge is 0.392 e. The third kappa shape index (κ3) is 3.33. The standard InChI is InChI=1S/C14H21NO2S/c1-9(8-11-7-6-10(2)18-11)15-14(17)12-4-3-5-13(12)16/h6-7,9,12-13,16H,3-5,8H2,1-2H3,(H,15,17). The molecule has 0 aliphatic heterocycles. The fourth-order valence-electron chi connectivity index (χ4n) is 2.54. The van der Waals surface area contributed by atoms with Crippen molar-refractivity contribution >= 4 is 17.2 Å². The van der Waals surface area contributed by atoms with Gasteiger partial charge in [-0.15, -0.1) is 11.3 Å². The van der Waals surface area contributed by atoms with Crippen molar-refractivity contribution in [1.82, 2.24) is 5.32 Å². The second-order valence-corrected chi connectivity index (χ2v) is 6.60. The highest BCUT2D eigenvalue weighted by atomic mass is 32.1. The van der Waals surface area contributed by atoms with Crippen molar-refractivity contribution < 1.29 is 9.90 Å². The first-order valence-corrected chi connectivity index (χ1v) is 7.41. The number of hydrogen-bond acceptors (Lipinski definition) is 3. The Morgan fingerprint density at radius 3 is 2.89 bits per heavy atom. The SMILES string of the molecule is Cc1ccc(CC(C)NC(=O)C2CCCC2O)s1. The van der Waals surface area contributed by atoms with E-state index in [4.69, 9.17) is 0 Å². The van der Waals surface area contributed by atoms with Crippen LogP contribution >= 0.6 is 11.3 Å². The van der Waals surface area contributed by atoms with Gasteiger partial charge < -0.3 is 10.4 Å². The first-order valence-electron chi connectivity index (χ1n) is 6.60. The van der Waals surface area contributed by atoms with Crippen molar-refractivity contribution in [2.24, 2.45) is 5.92 Å². The molecule has 3 unspecified atom stereocenters. The molecule has 3 nitrogen and oxygen atoms in total. The molecule has 0 spiro atoms. The molecule has 0 radical (unpaired) electrons. The molecule has 1 heterocycles. The van der Waals surface area contributed by atoms with Crippen LogP contribution in [0.3, 0.4) is 0 Å². The summed E-state index contributed by atoms with van der Waals surface area (Å²) in [5.41, 5.74) is 0. The predicted molar refractivity (Wildman–Crippen MR) is 73.7 cm³/mol. The van der Waals surface area contributed by atoms with Crippen LogP contribution in [-0.2, 0) is 11.2 Å². The fraction of sp³-hybridized carbons (Fsp3) is 0.643. The van der Waals surface area contributed by atoms with Crippen LogP contribution in [0.1, 0.15) is 35.9 Å². The van der Waals surface area contributed by atoms with E-state index in [0.717, 1.165) is 25.7 Å². The fourth-order valence-corrected chi connectivity index (χ4v) is 3.56. The molecule has 100 valence electrons. The van der Waals surface area contributed by atoms with Gasteiger partial charge in [0.05, 0.1) is 12.0 Å². The third-order valence-electron chi connectivity index (χ3n) is 3.51. The number of carbonyl (C=O) groups excluding carboxylic acids is 1. The van der Waals surface area contributed by atoms with Gasteiger partial charge in [-0.05, 0) is 45.2 Å². The van der Waals surface area contributed by atoms with Crippen LogP contribution in [0.15, 0.2) is 12.1 Å². The average Bonchev–Trinajstić information content (AvgIpc) is 2.87. The summed E-state index contributed by atoms with van der Waals surface area (Å²) >= 11 is 1.78. The molecule has 1 amide bonds. The number of hydrogen-bond donors (Lipinski definition) is 2. The first kappa shape index (κ1) is 13.6. The Morgan fingerprint density at radius 1 is 1.56 bits per heavy atom. The Balaban J connectivity index is 1.83. The summed E-state index contributed by atoms with van der Waals surface area (Å²) in [6.45, 7) is 4.11. The van der Waals surface area contributed by atoms with E-state index in [9.17, 15) is 9.90 Å². The summed E-state index contributed by atoms with van der Waals surface area (Å²) in [6.07, 6.45) is 2.96. The zero-order valence-corrected chi connectivity index (χ0v) is 11.8. The van der Waals surface area contributed by atoms with Crippen molar-refractivity contribution in [3.8, 4) is 0 Å². The Labute approximate surface area is 112 Å². The van der Waals surface area contributed by atoms with Crippen LogP contribution < -0.4 is 5.32 Å². The molecule has 1 aromatic heterocycles. The van der Waals surface area contributed by atoms with Crippen molar-refractivity contribution in [2.45, 2.75) is 51.7 Å². The van der Waals surface area contributed by atoms with Crippen molar-refractivity contribution in [1.29, 1.82) is 0 Å². The molecule has 1 aliphatic carbocycles. The lowest BCUT2D eigenvalue weighted by molar-refractivity contribution is -0.128. The first-order chi connectivity index (χ1) is 8.56. The number of amides is 1. The lowest BCUT2D eigenvalue weighted by atomic mass is 10.0. The lowest BCUT2D eigenvalue weighted by Crippen LogP contribution is -2.40. The van der Waals surface area contributed by atoms with Gasteiger partial charge in [0.25, 0.3) is 0 Å². The van der Waals surface area contributed by atoms with Gasteiger partial charge in [0, 0.05) is 22.2 Å². The van der Waals surface area contributed by atoms with Crippen LogP contribution in [-0.4, -0.2) is 23.2 Å². The van der Waals surface area contributed by atoms with Gasteiger partial charge in [0.2, 0.25) is 5.91 Å². The molecular weight excluding hydrogens is 246 g/mol. The predicted octanol–water partition coefficient (Wildman–Crippen LogP) is 2.26. The van der Waals surface area contributed by atoms with Crippen LogP contribution in [0.4, 0.5) is 0 Å². The number of rotatable bonds is 4. The average molecular weight is 267 g/mol. The van der Waals surface area contributed by atoms with Crippen LogP contribution in [0.2, 0.25) is 0 Å². The Bertz CT molecular complexity index is 416. The smallest absolute Gasteiger partial charge is 0.225 e. The molecule has 0 aromatic carbocycles. The summed E-state index contributed by atoms with van der Waals surface area (Å²) in [7, 11) is 0. The minimum Gasteiger partial charge on any atom is -0.392 e. The second kappa shape index (κ2) is 5.85. The zero-order chi connectivity index (χ0) is 13.1. The van der Waals surface area contributed by atoms with Crippen LogP contribution in [0, 0.1) is 12.8 Å². The molecule has 2 rings (SSSR count). The summed E-state index contributed by atoms with van der Waals surface area (Å²) in [5, 5.41) is 12.7. The van der Waals surface area contributed by atoms with Gasteiger partial charge in [0.1, 0.15) is 0 Å². The zero-order valence-electron chi connectivity index (χ0n) is 11.0. The molecule has 1 fully saturated rings. The van der Waals surface area contributed by atoms with E-state index in [0.29, 0.717) is 0 Å². The van der Waals surface area contributed by atoms with E-state index in [1.54, 1.807) is 11.3 Å². The van der Waals surface area contributed by atoms with Crippen LogP contribution in [0.25, 0.3) is 0 Å². The summed E-state index contributed by atoms with van der Waals surface area (Å²) in [4.78, 5) is 14.6. The maximum Gasteiger partial charge on any atom is 0.225 e. The van der Waals surface area contributed by atoms with Crippen molar-refractivity contribution in [2.75, 3.05) is 0 Å². The molecule has 4 heteroatoms. The topological polar surface area (TPSA) is 49.3 Å². The number of aryl methyl sites for hydroxylation is 1. The van der Waals surface area contributed by atoms with Gasteiger partial charge in [-0.1, -0.05) is 0 Å². The van der Waals surface area contributed by atoms with E-state index in [-0.39, 0.29) is 17.9 Å². The quantitative estimate of drug-likeness (QED) is 0.879. The molecule has 2 N–H and O–H groups in total. The molecular formula is C14H21NO2S. The Hall–Kier alpha value is -0.870. The Kier molecular flexibility index (Phi) is 4.40. The maximum atomic E-state index is 12.0. The Morgan fingerprint density at radius 2 is 2.33 bits per heavy atom. The van der Waals surface area contributed by atoms with E-state index < -0.39 is 6.10 Å². The number of nitrogens with one attached hydrogen (secondary N) is 1. The molecule has 18 heavy (non-hydrogen) atoms. The second-order valence-electron chi connectivity index (χ2n) is 5.23. The third-order valence-corrected chi connectivity index (χ3v) is 4.53. The summed E-state index contributed by atoms with van der Waals surface area (Å²) in [6, 6.07) is 4.35. The van der Waals surface area contributed by atoms with E-state index in [2.05, 4.69) is 24.4 Å². The molecule has 1 aliphatic rings. The lowest BCUT2D eigenvalue weighted by Gasteiger charge is -2.18. The molecule has 1 saturated carbocycles. The maximum absolute atomic E-state index is 12.0. The van der Waals surface area contributed by atoms with E-state index >= 15 is 0 Å².